The Morgan fingerprint density at radius 2 is 1.17 bits per heavy atom. The fraction of sp³-hybridized carbons (Fsp3) is 0.0606. The molecular weight excluding hydrogens is 558 g/mol. The van der Waals surface area contributed by atoms with E-state index >= 15 is 0 Å². The van der Waals surface area contributed by atoms with Crippen molar-refractivity contribution >= 4 is 24.8 Å². The second-order valence-corrected chi connectivity index (χ2v) is 10.9. The summed E-state index contributed by atoms with van der Waals surface area (Å²) in [6.07, 6.45) is 0. The monoisotopic (exact) mass is 584 g/mol. The number of rotatable bonds is 2. The molecule has 0 amide bonds. The molecule has 0 radical (unpaired) electrons. The van der Waals surface area contributed by atoms with Gasteiger partial charge in [-0.1, -0.05) is 90.0 Å². The molecule has 0 bridgehead atoms. The first-order valence-corrected chi connectivity index (χ1v) is 12.8. The van der Waals surface area contributed by atoms with Gasteiger partial charge in [-0.3, -0.25) is 0 Å². The van der Waals surface area contributed by atoms with Crippen LogP contribution >= 0.6 is 0 Å². The molecule has 0 aliphatic heterocycles. The van der Waals surface area contributed by atoms with Crippen LogP contribution in [0.25, 0.3) is 43.8 Å². The molecule has 0 unspecified atom stereocenters. The quantitative estimate of drug-likeness (QED) is 0.274. The molecule has 0 aromatic heterocycles. The van der Waals surface area contributed by atoms with E-state index in [0.29, 0.717) is 0 Å². The standard InChI is InChI=1S/C21H15.C9H7.C3H6.2ClH.Zr/c1-3-8-16(9-4-1)19-14-18-12-7-13-20(21(18)15-19)17-10-5-2-6-11-17;1-2-5-9-7-3-6-8(9)4-1;1-3-2;;;/h1-15H;1-7H;1-2H3;2*1H;/q2*-1;;;;+2/p-2. The van der Waals surface area contributed by atoms with E-state index in [9.17, 15) is 0 Å². The molecule has 6 aromatic carbocycles. The summed E-state index contributed by atoms with van der Waals surface area (Å²) in [5.74, 6) is 0. The first-order chi connectivity index (χ1) is 16.6. The Morgan fingerprint density at radius 1 is 0.611 bits per heavy atom. The molecule has 0 aliphatic rings. The van der Waals surface area contributed by atoms with Crippen LogP contribution in [0, 0.1) is 0 Å². The van der Waals surface area contributed by atoms with E-state index in [1.165, 1.54) is 47.0 Å². The molecule has 180 valence electrons. The van der Waals surface area contributed by atoms with Crippen LogP contribution in [0.15, 0.2) is 133 Å². The van der Waals surface area contributed by atoms with Gasteiger partial charge in [0, 0.05) is 0 Å². The molecule has 0 aliphatic carbocycles. The minimum atomic E-state index is 0. The number of hydrogen-bond acceptors (Lipinski definition) is 0. The van der Waals surface area contributed by atoms with Crippen LogP contribution in [0.2, 0.25) is 0 Å². The molecule has 0 heterocycles. The third kappa shape index (κ3) is 7.97. The van der Waals surface area contributed by atoms with Gasteiger partial charge in [-0.15, -0.1) is 64.2 Å². The summed E-state index contributed by atoms with van der Waals surface area (Å²) in [5.41, 5.74) is 5.13. The molecule has 0 fully saturated rings. The maximum absolute atomic E-state index is 2.30. The van der Waals surface area contributed by atoms with Crippen LogP contribution in [0.3, 0.4) is 0 Å². The number of benzene rings is 4. The normalized spacial score (nSPS) is 9.67. The predicted molar refractivity (Wildman–Crippen MR) is 146 cm³/mol. The van der Waals surface area contributed by atoms with Gasteiger partial charge in [-0.25, -0.2) is 0 Å². The van der Waals surface area contributed by atoms with Gasteiger partial charge in [0.05, 0.1) is 0 Å². The van der Waals surface area contributed by atoms with E-state index in [1.54, 1.807) is 24.2 Å². The molecule has 0 saturated carbocycles. The fourth-order valence-electron chi connectivity index (χ4n) is 3.97. The Bertz CT molecular complexity index is 1440. The summed E-state index contributed by atoms with van der Waals surface area (Å²) < 4.78 is 1.51. The summed E-state index contributed by atoms with van der Waals surface area (Å²) in [6.45, 7) is 4.25. The van der Waals surface area contributed by atoms with Gasteiger partial charge >= 0.3 is 41.3 Å². The minimum Gasteiger partial charge on any atom is -1.00 e. The van der Waals surface area contributed by atoms with E-state index in [0.717, 1.165) is 0 Å². The van der Waals surface area contributed by atoms with Gasteiger partial charge in [-0.05, 0) is 5.56 Å². The van der Waals surface area contributed by atoms with Crippen molar-refractivity contribution in [3.05, 3.63) is 133 Å². The number of hydrogen-bond donors (Lipinski definition) is 0. The zero-order valence-corrected chi connectivity index (χ0v) is 24.4. The molecule has 0 spiro atoms. The second kappa shape index (κ2) is 14.9. The molecule has 0 atom stereocenters. The molecular formula is C33H28Cl2Zr-2. The van der Waals surface area contributed by atoms with E-state index in [1.807, 2.05) is 0 Å². The Labute approximate surface area is 241 Å². The number of fused-ring (bicyclic) bond motifs is 2. The van der Waals surface area contributed by atoms with Crippen molar-refractivity contribution in [3.63, 3.8) is 0 Å². The van der Waals surface area contributed by atoms with Crippen molar-refractivity contribution in [3.8, 4) is 22.3 Å². The summed E-state index contributed by atoms with van der Waals surface area (Å²) in [6, 6.07) is 46.9. The fourth-order valence-corrected chi connectivity index (χ4v) is 3.97. The Hall–Kier alpha value is -2.57. The van der Waals surface area contributed by atoms with Crippen molar-refractivity contribution in [1.29, 1.82) is 0 Å². The van der Waals surface area contributed by atoms with Gasteiger partial charge in [0.2, 0.25) is 0 Å². The maximum atomic E-state index is 2.30. The smallest absolute Gasteiger partial charge is 0.0259 e. The SMILES string of the molecule is C[C](C)=[Zr+2].[Cl-].[Cl-].c1ccc(-c2cc3c(-c4ccccc4)cccc3[cH-]2)cc1.c1ccc2[cH-]ccc2c1. The molecule has 0 saturated heterocycles. The summed E-state index contributed by atoms with van der Waals surface area (Å²) in [4.78, 5) is 0. The van der Waals surface area contributed by atoms with Crippen molar-refractivity contribution in [2.45, 2.75) is 13.8 Å². The average molecular weight is 587 g/mol. The largest absolute Gasteiger partial charge is 1.00 e. The Morgan fingerprint density at radius 3 is 1.81 bits per heavy atom. The van der Waals surface area contributed by atoms with Gasteiger partial charge in [0.1, 0.15) is 0 Å². The van der Waals surface area contributed by atoms with Crippen LogP contribution in [-0.4, -0.2) is 3.21 Å². The zero-order valence-electron chi connectivity index (χ0n) is 20.5. The Kier molecular flexibility index (Phi) is 12.2. The molecule has 3 heteroatoms. The minimum absolute atomic E-state index is 0. The van der Waals surface area contributed by atoms with Gasteiger partial charge < -0.3 is 24.8 Å². The third-order valence-corrected chi connectivity index (χ3v) is 5.49. The van der Waals surface area contributed by atoms with Gasteiger partial charge in [-0.2, -0.15) is 17.5 Å². The van der Waals surface area contributed by atoms with Crippen molar-refractivity contribution in [2.75, 3.05) is 0 Å². The Balaban J connectivity index is 0.000000255. The van der Waals surface area contributed by atoms with E-state index in [4.69, 9.17) is 0 Å². The van der Waals surface area contributed by atoms with Crippen molar-refractivity contribution in [2.24, 2.45) is 0 Å². The van der Waals surface area contributed by atoms with Crippen LogP contribution in [0.4, 0.5) is 0 Å². The zero-order chi connectivity index (χ0) is 23.8. The van der Waals surface area contributed by atoms with Crippen molar-refractivity contribution < 1.29 is 49.0 Å². The second-order valence-electron chi connectivity index (χ2n) is 8.44. The van der Waals surface area contributed by atoms with Gasteiger partial charge in [0.25, 0.3) is 0 Å². The molecule has 36 heavy (non-hydrogen) atoms. The van der Waals surface area contributed by atoms with E-state index < -0.39 is 0 Å². The maximum Gasteiger partial charge on any atom is -0.0259 e. The average Bonchev–Trinajstić information content (AvgIpc) is 3.52. The molecule has 6 rings (SSSR count). The van der Waals surface area contributed by atoms with Crippen molar-refractivity contribution in [1.82, 2.24) is 0 Å². The predicted octanol–water partition coefficient (Wildman–Crippen LogP) is 3.20. The van der Waals surface area contributed by atoms with Gasteiger partial charge in [0.15, 0.2) is 0 Å². The molecule has 0 N–H and O–H groups in total. The topological polar surface area (TPSA) is 0 Å². The van der Waals surface area contributed by atoms with Crippen LogP contribution in [0.5, 0.6) is 0 Å². The van der Waals surface area contributed by atoms with E-state index in [2.05, 4.69) is 147 Å². The summed E-state index contributed by atoms with van der Waals surface area (Å²) in [5, 5.41) is 5.28. The number of halogens is 2. The first-order valence-electron chi connectivity index (χ1n) is 11.5. The third-order valence-electron chi connectivity index (χ3n) is 5.49. The van der Waals surface area contributed by atoms with Crippen LogP contribution in [0.1, 0.15) is 13.8 Å². The summed E-state index contributed by atoms with van der Waals surface area (Å²) in [7, 11) is 0. The molecule has 0 nitrogen and oxygen atoms in total. The van der Waals surface area contributed by atoms with E-state index in [-0.39, 0.29) is 24.8 Å². The first kappa shape index (κ1) is 29.7. The van der Waals surface area contributed by atoms with Crippen LogP contribution in [-0.2, 0) is 24.2 Å². The summed E-state index contributed by atoms with van der Waals surface area (Å²) >= 11 is 1.55. The molecule has 6 aromatic rings. The van der Waals surface area contributed by atoms with Crippen LogP contribution < -0.4 is 24.8 Å².